The topological polar surface area (TPSA) is 76.4 Å². The van der Waals surface area contributed by atoms with Crippen LogP contribution in [0.5, 0.6) is 0 Å². The lowest BCUT2D eigenvalue weighted by Crippen LogP contribution is -2.33. The minimum Gasteiger partial charge on any atom is -0.481 e. The summed E-state index contributed by atoms with van der Waals surface area (Å²) in [6.07, 6.45) is 0. The first-order valence-electron chi connectivity index (χ1n) is 5.89. The fraction of sp³-hybridized carbons (Fsp3) is 0.385. The SMILES string of the molecule is N#Cc1ccc(N2CCNCC(C(=O)O)C2)cc1. The summed E-state index contributed by atoms with van der Waals surface area (Å²) in [7, 11) is 0. The van der Waals surface area contributed by atoms with Crippen molar-refractivity contribution in [3.8, 4) is 6.07 Å². The number of aliphatic carboxylic acids is 1. The predicted molar refractivity (Wildman–Crippen MR) is 67.4 cm³/mol. The van der Waals surface area contributed by atoms with E-state index in [1.165, 1.54) is 0 Å². The van der Waals surface area contributed by atoms with Gasteiger partial charge in [0.1, 0.15) is 0 Å². The van der Waals surface area contributed by atoms with Gasteiger partial charge >= 0.3 is 5.97 Å². The van der Waals surface area contributed by atoms with E-state index in [9.17, 15) is 4.79 Å². The van der Waals surface area contributed by atoms with Gasteiger partial charge in [0.2, 0.25) is 0 Å². The molecule has 0 amide bonds. The van der Waals surface area contributed by atoms with E-state index < -0.39 is 11.9 Å². The van der Waals surface area contributed by atoms with Gasteiger partial charge in [0, 0.05) is 31.9 Å². The molecule has 2 N–H and O–H groups in total. The van der Waals surface area contributed by atoms with Crippen LogP contribution in [0.4, 0.5) is 5.69 Å². The van der Waals surface area contributed by atoms with Crippen LogP contribution in [0, 0.1) is 17.2 Å². The average molecular weight is 245 g/mol. The van der Waals surface area contributed by atoms with E-state index in [0.717, 1.165) is 18.8 Å². The number of carboxylic acid groups (broad SMARTS) is 1. The smallest absolute Gasteiger partial charge is 0.309 e. The second kappa shape index (κ2) is 5.52. The highest BCUT2D eigenvalue weighted by molar-refractivity contribution is 5.71. The summed E-state index contributed by atoms with van der Waals surface area (Å²) in [5.74, 6) is -1.17. The highest BCUT2D eigenvalue weighted by Gasteiger charge is 2.23. The molecule has 18 heavy (non-hydrogen) atoms. The summed E-state index contributed by atoms with van der Waals surface area (Å²) in [4.78, 5) is 13.1. The molecule has 0 spiro atoms. The number of anilines is 1. The zero-order valence-electron chi connectivity index (χ0n) is 9.97. The first kappa shape index (κ1) is 12.4. The molecule has 1 aliphatic rings. The van der Waals surface area contributed by atoms with Gasteiger partial charge in [-0.05, 0) is 24.3 Å². The third kappa shape index (κ3) is 2.79. The Morgan fingerprint density at radius 3 is 2.78 bits per heavy atom. The summed E-state index contributed by atoms with van der Waals surface area (Å²) in [5, 5.41) is 21.0. The predicted octanol–water partition coefficient (Wildman–Crippen LogP) is 0.669. The van der Waals surface area contributed by atoms with Crippen molar-refractivity contribution in [1.82, 2.24) is 5.32 Å². The summed E-state index contributed by atoms with van der Waals surface area (Å²) >= 11 is 0. The van der Waals surface area contributed by atoms with Crippen molar-refractivity contribution in [1.29, 1.82) is 5.26 Å². The van der Waals surface area contributed by atoms with Gasteiger partial charge in [-0.3, -0.25) is 4.79 Å². The van der Waals surface area contributed by atoms with Gasteiger partial charge in [-0.2, -0.15) is 5.26 Å². The Kier molecular flexibility index (Phi) is 3.80. The van der Waals surface area contributed by atoms with E-state index in [1.54, 1.807) is 12.1 Å². The van der Waals surface area contributed by atoms with Gasteiger partial charge in [-0.15, -0.1) is 0 Å². The molecule has 5 nitrogen and oxygen atoms in total. The molecule has 0 bridgehead atoms. The van der Waals surface area contributed by atoms with Gasteiger partial charge in [0.25, 0.3) is 0 Å². The zero-order chi connectivity index (χ0) is 13.0. The number of rotatable bonds is 2. The Balaban J connectivity index is 2.15. The van der Waals surface area contributed by atoms with E-state index in [2.05, 4.69) is 11.4 Å². The van der Waals surface area contributed by atoms with Crippen molar-refractivity contribution in [2.45, 2.75) is 0 Å². The maximum Gasteiger partial charge on any atom is 0.309 e. The molecular weight excluding hydrogens is 230 g/mol. The molecule has 1 aliphatic heterocycles. The molecule has 0 aliphatic carbocycles. The Labute approximate surface area is 106 Å². The van der Waals surface area contributed by atoms with Crippen LogP contribution >= 0.6 is 0 Å². The molecular formula is C13H15N3O2. The minimum absolute atomic E-state index is 0.400. The molecule has 2 rings (SSSR count). The fourth-order valence-corrected chi connectivity index (χ4v) is 2.06. The molecule has 1 aromatic rings. The molecule has 1 aromatic carbocycles. The Hall–Kier alpha value is -2.06. The minimum atomic E-state index is -0.775. The van der Waals surface area contributed by atoms with Crippen LogP contribution in [-0.4, -0.2) is 37.3 Å². The Bertz CT molecular complexity index is 464. The number of benzene rings is 1. The molecule has 5 heteroatoms. The summed E-state index contributed by atoms with van der Waals surface area (Å²) in [6, 6.07) is 9.31. The molecule has 94 valence electrons. The molecule has 1 atom stereocenters. The first-order valence-corrected chi connectivity index (χ1v) is 5.89. The van der Waals surface area contributed by atoms with Crippen LogP contribution in [0.15, 0.2) is 24.3 Å². The van der Waals surface area contributed by atoms with Gasteiger partial charge in [-0.25, -0.2) is 0 Å². The van der Waals surface area contributed by atoms with E-state index in [-0.39, 0.29) is 0 Å². The number of nitrogens with one attached hydrogen (secondary N) is 1. The second-order valence-corrected chi connectivity index (χ2v) is 4.34. The number of carbonyl (C=O) groups is 1. The van der Waals surface area contributed by atoms with Crippen molar-refractivity contribution < 1.29 is 9.90 Å². The first-order chi connectivity index (χ1) is 8.70. The molecule has 1 saturated heterocycles. The standard InChI is InChI=1S/C13H15N3O2/c14-7-10-1-3-12(4-2-10)16-6-5-15-8-11(9-16)13(17)18/h1-4,11,15H,5-6,8-9H2,(H,17,18). The quantitative estimate of drug-likeness (QED) is 0.800. The zero-order valence-corrected chi connectivity index (χ0v) is 9.97. The van der Waals surface area contributed by atoms with Crippen LogP contribution in [0.25, 0.3) is 0 Å². The molecule has 1 heterocycles. The second-order valence-electron chi connectivity index (χ2n) is 4.34. The van der Waals surface area contributed by atoms with E-state index in [0.29, 0.717) is 18.7 Å². The number of hydrogen-bond acceptors (Lipinski definition) is 4. The molecule has 1 fully saturated rings. The van der Waals surface area contributed by atoms with E-state index in [4.69, 9.17) is 10.4 Å². The van der Waals surface area contributed by atoms with Crippen molar-refractivity contribution in [2.24, 2.45) is 5.92 Å². The Morgan fingerprint density at radius 1 is 1.44 bits per heavy atom. The maximum absolute atomic E-state index is 11.1. The lowest BCUT2D eigenvalue weighted by Gasteiger charge is -2.24. The number of hydrogen-bond donors (Lipinski definition) is 2. The number of nitriles is 1. The third-order valence-corrected chi connectivity index (χ3v) is 3.10. The summed E-state index contributed by atoms with van der Waals surface area (Å²) < 4.78 is 0. The largest absolute Gasteiger partial charge is 0.481 e. The van der Waals surface area contributed by atoms with E-state index >= 15 is 0 Å². The lowest BCUT2D eigenvalue weighted by atomic mass is 10.1. The van der Waals surface area contributed by atoms with Crippen molar-refractivity contribution >= 4 is 11.7 Å². The monoisotopic (exact) mass is 245 g/mol. The molecule has 0 aromatic heterocycles. The van der Waals surface area contributed by atoms with Gasteiger partial charge in [0.15, 0.2) is 0 Å². The van der Waals surface area contributed by atoms with Crippen molar-refractivity contribution in [3.63, 3.8) is 0 Å². The van der Waals surface area contributed by atoms with Crippen LogP contribution in [-0.2, 0) is 4.79 Å². The number of carboxylic acids is 1. The fourth-order valence-electron chi connectivity index (χ4n) is 2.06. The number of nitrogens with zero attached hydrogens (tertiary/aromatic N) is 2. The molecule has 1 unspecified atom stereocenters. The maximum atomic E-state index is 11.1. The normalized spacial score (nSPS) is 19.9. The van der Waals surface area contributed by atoms with Crippen LogP contribution in [0.1, 0.15) is 5.56 Å². The van der Waals surface area contributed by atoms with Crippen LogP contribution in [0.2, 0.25) is 0 Å². The summed E-state index contributed by atoms with van der Waals surface area (Å²) in [6.45, 7) is 2.54. The lowest BCUT2D eigenvalue weighted by molar-refractivity contribution is -0.141. The highest BCUT2D eigenvalue weighted by Crippen LogP contribution is 2.17. The van der Waals surface area contributed by atoms with Gasteiger partial charge in [-0.1, -0.05) is 0 Å². The average Bonchev–Trinajstić information content (AvgIpc) is 2.65. The van der Waals surface area contributed by atoms with Gasteiger partial charge < -0.3 is 15.3 Å². The molecule has 0 radical (unpaired) electrons. The van der Waals surface area contributed by atoms with Crippen molar-refractivity contribution in [2.75, 3.05) is 31.1 Å². The highest BCUT2D eigenvalue weighted by atomic mass is 16.4. The summed E-state index contributed by atoms with van der Waals surface area (Å²) in [5.41, 5.74) is 1.57. The van der Waals surface area contributed by atoms with Gasteiger partial charge in [0.05, 0.1) is 17.6 Å². The van der Waals surface area contributed by atoms with Crippen LogP contribution in [0.3, 0.4) is 0 Å². The van der Waals surface area contributed by atoms with Crippen molar-refractivity contribution in [3.05, 3.63) is 29.8 Å². The van der Waals surface area contributed by atoms with Crippen LogP contribution < -0.4 is 10.2 Å². The van der Waals surface area contributed by atoms with E-state index in [1.807, 2.05) is 17.0 Å². The third-order valence-electron chi connectivity index (χ3n) is 3.10. The molecule has 0 saturated carbocycles. The Morgan fingerprint density at radius 2 is 2.17 bits per heavy atom.